The van der Waals surface area contributed by atoms with Crippen molar-refractivity contribution >= 4 is 55.6 Å². The van der Waals surface area contributed by atoms with E-state index in [-0.39, 0.29) is 77.0 Å². The molecule has 0 spiro atoms. The molecule has 0 unspecified atom stereocenters. The number of nitrogens with one attached hydrogen (secondary N) is 1. The molecule has 2 aliphatic heterocycles. The van der Waals surface area contributed by atoms with E-state index in [1.165, 1.54) is 4.90 Å². The summed E-state index contributed by atoms with van der Waals surface area (Å²) in [6, 6.07) is 2.50. The van der Waals surface area contributed by atoms with Gasteiger partial charge >= 0.3 is 24.4 Å². The first-order valence-corrected chi connectivity index (χ1v) is 18.3. The van der Waals surface area contributed by atoms with Gasteiger partial charge in [0.15, 0.2) is 10.9 Å². The summed E-state index contributed by atoms with van der Waals surface area (Å²) in [5.74, 6) is -2.18. The fourth-order valence-corrected chi connectivity index (χ4v) is 7.28. The van der Waals surface area contributed by atoms with Crippen molar-refractivity contribution in [2.24, 2.45) is 0 Å². The number of nitrogens with zero attached hydrogens (tertiary/aromatic N) is 6. The van der Waals surface area contributed by atoms with Crippen molar-refractivity contribution in [3.8, 4) is 17.1 Å². The van der Waals surface area contributed by atoms with Crippen LogP contribution in [0.4, 0.5) is 42.5 Å². The highest BCUT2D eigenvalue weighted by Crippen LogP contribution is 2.46. The molecule has 2 aromatic carbocycles. The van der Waals surface area contributed by atoms with Gasteiger partial charge < -0.3 is 28.9 Å². The van der Waals surface area contributed by atoms with Crippen LogP contribution in [0.1, 0.15) is 59.9 Å². The number of amides is 2. The van der Waals surface area contributed by atoms with Crippen LogP contribution in [-0.4, -0.2) is 101 Å². The summed E-state index contributed by atoms with van der Waals surface area (Å²) in [6.07, 6.45) is -4.76. The summed E-state index contributed by atoms with van der Waals surface area (Å²) < 4.78 is 93.9. The van der Waals surface area contributed by atoms with E-state index in [2.05, 4.69) is 25.2 Å². The first-order chi connectivity index (χ1) is 25.2. The third kappa shape index (κ3) is 8.53. The highest BCUT2D eigenvalue weighted by Gasteiger charge is 2.39. The fourth-order valence-electron chi connectivity index (χ4n) is 6.39. The molecule has 4 heterocycles. The van der Waals surface area contributed by atoms with Crippen molar-refractivity contribution in [3.05, 3.63) is 35.4 Å². The van der Waals surface area contributed by atoms with Crippen LogP contribution in [0, 0.1) is 11.6 Å². The minimum Gasteiger partial charge on any atom is -0.462 e. The van der Waals surface area contributed by atoms with Gasteiger partial charge in [0.1, 0.15) is 35.0 Å². The number of likely N-dealkylation sites (N-methyl/N-ethyl adjacent to an activating group) is 1. The van der Waals surface area contributed by atoms with Crippen LogP contribution in [0.5, 0.6) is 6.01 Å². The highest BCUT2D eigenvalue weighted by atomic mass is 32.1. The van der Waals surface area contributed by atoms with Gasteiger partial charge in [-0.05, 0) is 86.2 Å². The molecular weight excluding hydrogens is 737 g/mol. The molecule has 4 aromatic rings. The number of alkyl halides is 3. The second-order valence-corrected chi connectivity index (χ2v) is 16.3. The number of halogens is 5. The summed E-state index contributed by atoms with van der Waals surface area (Å²) in [4.78, 5) is 43.5. The van der Waals surface area contributed by atoms with Crippen molar-refractivity contribution in [1.29, 1.82) is 0 Å². The van der Waals surface area contributed by atoms with Crippen LogP contribution in [0.2, 0.25) is 0 Å². The number of anilines is 2. The Labute approximate surface area is 312 Å². The fraction of sp³-hybridized carbons (Fsp3) is 0.528. The number of likely N-dealkylation sites (tertiary alicyclic amines) is 1. The van der Waals surface area contributed by atoms with Gasteiger partial charge in [-0.1, -0.05) is 11.3 Å². The van der Waals surface area contributed by atoms with Crippen molar-refractivity contribution < 1.29 is 45.8 Å². The summed E-state index contributed by atoms with van der Waals surface area (Å²) in [7, 11) is 1.94. The summed E-state index contributed by atoms with van der Waals surface area (Å²) in [6.45, 7) is 11.7. The number of hydrogen-bond acceptors (Lipinski definition) is 11. The third-order valence-electron chi connectivity index (χ3n) is 8.88. The monoisotopic (exact) mass is 779 g/mol. The number of hydrogen-bond donors (Lipinski definition) is 1. The minimum atomic E-state index is -5.10. The Kier molecular flexibility index (Phi) is 10.6. The van der Waals surface area contributed by atoms with Gasteiger partial charge in [-0.25, -0.2) is 23.4 Å². The number of fused-ring (bicyclic) bond motifs is 2. The van der Waals surface area contributed by atoms with Gasteiger partial charge in [-0.15, -0.1) is 0 Å². The van der Waals surface area contributed by atoms with Crippen molar-refractivity contribution in [3.63, 3.8) is 0 Å². The lowest BCUT2D eigenvalue weighted by molar-refractivity contribution is -0.137. The van der Waals surface area contributed by atoms with Crippen molar-refractivity contribution in [1.82, 2.24) is 24.8 Å². The van der Waals surface area contributed by atoms with E-state index in [0.717, 1.165) is 37.6 Å². The second kappa shape index (κ2) is 14.6. The maximum atomic E-state index is 17.1. The number of benzene rings is 2. The molecule has 0 saturated carbocycles. The topological polar surface area (TPSA) is 122 Å². The Bertz CT molecular complexity index is 2070. The molecular formula is C36H42F5N7O5S. The van der Waals surface area contributed by atoms with Crippen LogP contribution >= 0.6 is 11.3 Å². The van der Waals surface area contributed by atoms with E-state index < -0.39 is 57.8 Å². The molecule has 2 aromatic heterocycles. The van der Waals surface area contributed by atoms with Gasteiger partial charge in [0.25, 0.3) is 0 Å². The Balaban J connectivity index is 1.47. The van der Waals surface area contributed by atoms with Gasteiger partial charge in [-0.3, -0.25) is 5.32 Å². The zero-order valence-corrected chi connectivity index (χ0v) is 31.8. The maximum Gasteiger partial charge on any atom is 0.417 e. The molecule has 2 fully saturated rings. The third-order valence-corrected chi connectivity index (χ3v) is 9.85. The predicted molar refractivity (Wildman–Crippen MR) is 194 cm³/mol. The van der Waals surface area contributed by atoms with Crippen LogP contribution in [0.3, 0.4) is 0 Å². The van der Waals surface area contributed by atoms with Gasteiger partial charge in [-0.2, -0.15) is 23.1 Å². The molecule has 12 nitrogen and oxygen atoms in total. The van der Waals surface area contributed by atoms with E-state index in [9.17, 15) is 9.59 Å². The zero-order valence-electron chi connectivity index (χ0n) is 31.0. The molecule has 2 saturated heterocycles. The minimum absolute atomic E-state index is 0.00340. The molecule has 2 aliphatic rings. The lowest BCUT2D eigenvalue weighted by Gasteiger charge is -2.36. The number of rotatable bonds is 6. The van der Waals surface area contributed by atoms with Gasteiger partial charge in [0.05, 0.1) is 15.8 Å². The summed E-state index contributed by atoms with van der Waals surface area (Å²) >= 11 is 0.662. The van der Waals surface area contributed by atoms with Gasteiger partial charge in [0.2, 0.25) is 0 Å². The molecule has 292 valence electrons. The van der Waals surface area contributed by atoms with E-state index in [0.29, 0.717) is 11.3 Å². The van der Waals surface area contributed by atoms with E-state index in [4.69, 9.17) is 14.2 Å². The number of thiazole rings is 1. The van der Waals surface area contributed by atoms with E-state index in [1.54, 1.807) is 46.4 Å². The predicted octanol–water partition coefficient (Wildman–Crippen LogP) is 8.08. The standard InChI is InChI=1S/C36H42F5N7O5S/c1-34(2,3)52-32(49)45-31-43-27-20(10-11-23(37)28(27)54-31)24-22(36(39,40)41)17-21-26(25(24)38)42-30(51-18-19-9-8-12-46(19)7)44-29(21)47-13-15-48(16-14-47)33(50)53-35(4,5)6/h10-11,17,19H,8-9,12-16,18H2,1-7H3,(H,43,45,49)/t19-/m0/s1. The quantitative estimate of drug-likeness (QED) is 0.192. The first-order valence-electron chi connectivity index (χ1n) is 17.5. The molecule has 1 N–H and O–H groups in total. The molecule has 0 radical (unpaired) electrons. The van der Waals surface area contributed by atoms with Gasteiger partial charge in [0, 0.05) is 48.7 Å². The Morgan fingerprint density at radius 3 is 2.22 bits per heavy atom. The lowest BCUT2D eigenvalue weighted by Crippen LogP contribution is -2.50. The van der Waals surface area contributed by atoms with Crippen molar-refractivity contribution in [2.75, 3.05) is 56.6 Å². The van der Waals surface area contributed by atoms with Crippen molar-refractivity contribution in [2.45, 2.75) is 77.8 Å². The summed E-state index contributed by atoms with van der Waals surface area (Å²) in [5.41, 5.74) is -5.01. The van der Waals surface area contributed by atoms with Crippen LogP contribution in [0.15, 0.2) is 18.2 Å². The summed E-state index contributed by atoms with van der Waals surface area (Å²) in [5, 5.41) is 1.98. The normalized spacial score (nSPS) is 17.4. The molecule has 1 atom stereocenters. The Morgan fingerprint density at radius 2 is 1.61 bits per heavy atom. The first kappa shape index (κ1) is 39.1. The molecule has 0 bridgehead atoms. The average Bonchev–Trinajstić information content (AvgIpc) is 3.68. The molecule has 6 rings (SSSR count). The average molecular weight is 780 g/mol. The number of piperazine rings is 1. The number of carbonyl (C=O) groups excluding carboxylic acids is 2. The number of aromatic nitrogens is 3. The second-order valence-electron chi connectivity index (χ2n) is 15.3. The maximum absolute atomic E-state index is 17.1. The molecule has 18 heteroatoms. The Hall–Kier alpha value is -4.58. The largest absolute Gasteiger partial charge is 0.462 e. The highest BCUT2D eigenvalue weighted by molar-refractivity contribution is 7.22. The molecule has 2 amide bonds. The molecule has 54 heavy (non-hydrogen) atoms. The zero-order chi connectivity index (χ0) is 39.3. The van der Waals surface area contributed by atoms with Crippen LogP contribution < -0.4 is 15.0 Å². The number of ether oxygens (including phenoxy) is 3. The van der Waals surface area contributed by atoms with Crippen LogP contribution in [-0.2, 0) is 15.7 Å². The number of carbonyl (C=O) groups is 2. The lowest BCUT2D eigenvalue weighted by atomic mass is 9.95. The van der Waals surface area contributed by atoms with Crippen LogP contribution in [0.25, 0.3) is 32.2 Å². The Morgan fingerprint density at radius 1 is 0.926 bits per heavy atom. The van der Waals surface area contributed by atoms with E-state index in [1.807, 2.05) is 7.05 Å². The molecule has 0 aliphatic carbocycles. The van der Waals surface area contributed by atoms with E-state index >= 15 is 22.0 Å². The SMILES string of the molecule is CN1CCC[C@H]1COc1nc(N2CCN(C(=O)OC(C)(C)C)CC2)c2cc(C(F)(F)F)c(-c3ccc(F)c4sc(NC(=O)OC(C)(C)C)nc34)c(F)c2n1. The smallest absolute Gasteiger partial charge is 0.417 e.